The van der Waals surface area contributed by atoms with Gasteiger partial charge in [0.15, 0.2) is 0 Å². The molecule has 4 amide bonds. The monoisotopic (exact) mass is 428 g/mol. The molecule has 0 unspecified atom stereocenters. The van der Waals surface area contributed by atoms with E-state index in [1.807, 2.05) is 13.8 Å². The maximum absolute atomic E-state index is 13.0. The van der Waals surface area contributed by atoms with Crippen molar-refractivity contribution in [2.75, 3.05) is 31.5 Å². The van der Waals surface area contributed by atoms with Crippen LogP contribution in [0.3, 0.4) is 0 Å². The molecule has 1 aliphatic heterocycles. The number of urea groups is 1. The number of amides is 4. The first-order valence-electron chi connectivity index (χ1n) is 9.86. The zero-order chi connectivity index (χ0) is 21.7. The van der Waals surface area contributed by atoms with Gasteiger partial charge < -0.3 is 20.4 Å². The molecule has 0 saturated carbocycles. The number of hydrogen-bond donors (Lipinski definition) is 2. The summed E-state index contributed by atoms with van der Waals surface area (Å²) in [5.74, 6) is -0.250. The summed E-state index contributed by atoms with van der Waals surface area (Å²) in [5, 5.41) is 6.07. The van der Waals surface area contributed by atoms with Crippen molar-refractivity contribution in [2.24, 2.45) is 0 Å². The lowest BCUT2D eigenvalue weighted by atomic mass is 10.1. The minimum absolute atomic E-state index is 0.0147. The summed E-state index contributed by atoms with van der Waals surface area (Å²) in [5.41, 5.74) is 1.46. The maximum Gasteiger partial charge on any atom is 0.319 e. The number of para-hydroxylation sites is 1. The third-order valence-electron chi connectivity index (χ3n) is 4.77. The van der Waals surface area contributed by atoms with Gasteiger partial charge >= 0.3 is 6.03 Å². The lowest BCUT2D eigenvalue weighted by Gasteiger charge is -2.35. The number of piperazine rings is 1. The molecule has 2 N–H and O–H groups in total. The van der Waals surface area contributed by atoms with Crippen molar-refractivity contribution in [1.82, 2.24) is 15.1 Å². The third kappa shape index (κ3) is 5.30. The van der Waals surface area contributed by atoms with Gasteiger partial charge in [0.1, 0.15) is 0 Å². The van der Waals surface area contributed by atoms with E-state index >= 15 is 0 Å². The number of nitrogens with zero attached hydrogens (tertiary/aromatic N) is 2. The second-order valence-electron chi connectivity index (χ2n) is 7.39. The van der Waals surface area contributed by atoms with Gasteiger partial charge in [-0.15, -0.1) is 0 Å². The number of carbonyl (C=O) groups excluding carboxylic acids is 3. The standard InChI is InChI=1S/C22H25ClN4O3/c1-15(2)24-22(30)25-19-6-4-3-5-18(19)21(29)27-13-11-26(12-14-27)20(28)16-7-9-17(23)10-8-16/h3-10,15H,11-14H2,1-2H3,(H2,24,25,30). The van der Waals surface area contributed by atoms with E-state index in [0.717, 1.165) is 0 Å². The molecule has 7 nitrogen and oxygen atoms in total. The topological polar surface area (TPSA) is 81.8 Å². The fraction of sp³-hybridized carbons (Fsp3) is 0.318. The number of benzene rings is 2. The van der Waals surface area contributed by atoms with Crippen LogP contribution in [0.4, 0.5) is 10.5 Å². The van der Waals surface area contributed by atoms with Gasteiger partial charge in [-0.2, -0.15) is 0 Å². The molecule has 2 aromatic rings. The number of halogens is 1. The van der Waals surface area contributed by atoms with Gasteiger partial charge in [-0.3, -0.25) is 9.59 Å². The predicted octanol–water partition coefficient (Wildman–Crippen LogP) is 3.47. The van der Waals surface area contributed by atoms with E-state index in [2.05, 4.69) is 10.6 Å². The molecule has 8 heteroatoms. The Bertz CT molecular complexity index is 922. The largest absolute Gasteiger partial charge is 0.336 e. The molecule has 1 heterocycles. The first-order valence-corrected chi connectivity index (χ1v) is 10.2. The first-order chi connectivity index (χ1) is 14.3. The van der Waals surface area contributed by atoms with Gasteiger partial charge in [0, 0.05) is 42.8 Å². The van der Waals surface area contributed by atoms with Crippen LogP contribution in [0.2, 0.25) is 5.02 Å². The van der Waals surface area contributed by atoms with Crippen LogP contribution in [-0.4, -0.2) is 59.9 Å². The molecular weight excluding hydrogens is 404 g/mol. The van der Waals surface area contributed by atoms with Gasteiger partial charge in [-0.25, -0.2) is 4.79 Å². The van der Waals surface area contributed by atoms with Crippen LogP contribution >= 0.6 is 11.6 Å². The summed E-state index contributed by atoms with van der Waals surface area (Å²) in [6, 6.07) is 13.3. The summed E-state index contributed by atoms with van der Waals surface area (Å²) in [4.78, 5) is 41.2. The van der Waals surface area contributed by atoms with E-state index < -0.39 is 0 Å². The lowest BCUT2D eigenvalue weighted by Crippen LogP contribution is -2.50. The number of hydrogen-bond acceptors (Lipinski definition) is 3. The highest BCUT2D eigenvalue weighted by Crippen LogP contribution is 2.19. The molecule has 1 aliphatic rings. The smallest absolute Gasteiger partial charge is 0.319 e. The van der Waals surface area contributed by atoms with Crippen LogP contribution in [0, 0.1) is 0 Å². The Hall–Kier alpha value is -3.06. The fourth-order valence-corrected chi connectivity index (χ4v) is 3.38. The number of rotatable bonds is 4. The van der Waals surface area contributed by atoms with E-state index in [1.165, 1.54) is 0 Å². The summed E-state index contributed by atoms with van der Waals surface area (Å²) in [7, 11) is 0. The summed E-state index contributed by atoms with van der Waals surface area (Å²) >= 11 is 5.88. The first kappa shape index (κ1) is 21.6. The summed E-state index contributed by atoms with van der Waals surface area (Å²) in [6.07, 6.45) is 0. The molecule has 0 bridgehead atoms. The van der Waals surface area contributed by atoms with E-state index in [9.17, 15) is 14.4 Å². The fourth-order valence-electron chi connectivity index (χ4n) is 3.26. The Morgan fingerprint density at radius 2 is 1.43 bits per heavy atom. The SMILES string of the molecule is CC(C)NC(=O)Nc1ccccc1C(=O)N1CCN(C(=O)c2ccc(Cl)cc2)CC1. The number of nitrogens with one attached hydrogen (secondary N) is 2. The molecule has 3 rings (SSSR count). The van der Waals surface area contributed by atoms with Crippen molar-refractivity contribution in [3.05, 3.63) is 64.7 Å². The maximum atomic E-state index is 13.0. The van der Waals surface area contributed by atoms with Crippen LogP contribution in [0.25, 0.3) is 0 Å². The number of anilines is 1. The molecule has 1 saturated heterocycles. The lowest BCUT2D eigenvalue weighted by molar-refractivity contribution is 0.0536. The van der Waals surface area contributed by atoms with Gasteiger partial charge in [0.05, 0.1) is 11.3 Å². The van der Waals surface area contributed by atoms with Crippen LogP contribution in [0.1, 0.15) is 34.6 Å². The molecule has 0 atom stereocenters. The van der Waals surface area contributed by atoms with Crippen molar-refractivity contribution in [3.8, 4) is 0 Å². The second kappa shape index (κ2) is 9.63. The van der Waals surface area contributed by atoms with Gasteiger partial charge in [-0.05, 0) is 50.2 Å². The quantitative estimate of drug-likeness (QED) is 0.782. The van der Waals surface area contributed by atoms with Gasteiger partial charge in [-0.1, -0.05) is 23.7 Å². The van der Waals surface area contributed by atoms with E-state index in [1.54, 1.807) is 58.3 Å². The Morgan fingerprint density at radius 3 is 2.03 bits per heavy atom. The van der Waals surface area contributed by atoms with E-state index in [-0.39, 0.29) is 23.9 Å². The second-order valence-corrected chi connectivity index (χ2v) is 7.83. The molecule has 2 aromatic carbocycles. The molecule has 30 heavy (non-hydrogen) atoms. The molecular formula is C22H25ClN4O3. The highest BCUT2D eigenvalue weighted by Gasteiger charge is 2.26. The molecule has 0 aliphatic carbocycles. The summed E-state index contributed by atoms with van der Waals surface area (Å²) in [6.45, 7) is 5.45. The van der Waals surface area contributed by atoms with Crippen molar-refractivity contribution in [2.45, 2.75) is 19.9 Å². The van der Waals surface area contributed by atoms with E-state index in [4.69, 9.17) is 11.6 Å². The zero-order valence-corrected chi connectivity index (χ0v) is 17.8. The van der Waals surface area contributed by atoms with Crippen molar-refractivity contribution in [1.29, 1.82) is 0 Å². The molecule has 0 spiro atoms. The Balaban J connectivity index is 1.63. The van der Waals surface area contributed by atoms with Crippen molar-refractivity contribution < 1.29 is 14.4 Å². The zero-order valence-electron chi connectivity index (χ0n) is 17.0. The Kier molecular flexibility index (Phi) is 6.95. The van der Waals surface area contributed by atoms with Crippen LogP contribution in [-0.2, 0) is 0 Å². The van der Waals surface area contributed by atoms with Crippen molar-refractivity contribution >= 4 is 35.1 Å². The highest BCUT2D eigenvalue weighted by atomic mass is 35.5. The van der Waals surface area contributed by atoms with Crippen LogP contribution in [0.15, 0.2) is 48.5 Å². The Morgan fingerprint density at radius 1 is 0.867 bits per heavy atom. The third-order valence-corrected chi connectivity index (χ3v) is 5.02. The van der Waals surface area contributed by atoms with E-state index in [0.29, 0.717) is 48.0 Å². The summed E-state index contributed by atoms with van der Waals surface area (Å²) < 4.78 is 0. The molecule has 0 aromatic heterocycles. The van der Waals surface area contributed by atoms with Crippen LogP contribution in [0.5, 0.6) is 0 Å². The van der Waals surface area contributed by atoms with Gasteiger partial charge in [0.2, 0.25) is 0 Å². The molecule has 0 radical (unpaired) electrons. The Labute approximate surface area is 181 Å². The van der Waals surface area contributed by atoms with Crippen LogP contribution < -0.4 is 10.6 Å². The average Bonchev–Trinajstić information content (AvgIpc) is 2.73. The average molecular weight is 429 g/mol. The molecule has 1 fully saturated rings. The minimum atomic E-state index is -0.358. The van der Waals surface area contributed by atoms with Gasteiger partial charge in [0.25, 0.3) is 11.8 Å². The normalized spacial score (nSPS) is 13.9. The number of carbonyl (C=O) groups is 3. The molecule has 158 valence electrons. The van der Waals surface area contributed by atoms with Crippen molar-refractivity contribution in [3.63, 3.8) is 0 Å². The predicted molar refractivity (Wildman–Crippen MR) is 117 cm³/mol. The minimum Gasteiger partial charge on any atom is -0.336 e. The highest BCUT2D eigenvalue weighted by molar-refractivity contribution is 6.30.